The number of non-ortho nitro benzene ring substituents is 1. The molecular weight excluding hydrogens is 488 g/mol. The van der Waals surface area contributed by atoms with Gasteiger partial charge in [0.25, 0.3) is 17.5 Å². The van der Waals surface area contributed by atoms with Gasteiger partial charge in [-0.3, -0.25) is 19.7 Å². The molecule has 0 spiro atoms. The van der Waals surface area contributed by atoms with Crippen molar-refractivity contribution in [2.75, 3.05) is 24.3 Å². The molecule has 0 heterocycles. The second kappa shape index (κ2) is 10.6. The van der Waals surface area contributed by atoms with Crippen molar-refractivity contribution < 1.29 is 14.5 Å². The third-order valence-electron chi connectivity index (χ3n) is 4.65. The number of amides is 2. The van der Waals surface area contributed by atoms with E-state index in [1.807, 2.05) is 43.3 Å². The highest BCUT2D eigenvalue weighted by atomic mass is 79.9. The first-order valence-electron chi connectivity index (χ1n) is 9.85. The van der Waals surface area contributed by atoms with E-state index in [9.17, 15) is 19.7 Å². The van der Waals surface area contributed by atoms with E-state index in [-0.39, 0.29) is 17.1 Å². The van der Waals surface area contributed by atoms with Crippen LogP contribution in [-0.4, -0.2) is 30.8 Å². The van der Waals surface area contributed by atoms with Crippen LogP contribution >= 0.6 is 15.9 Å². The number of carbonyl (C=O) groups excluding carboxylic acids is 2. The molecule has 0 saturated heterocycles. The summed E-state index contributed by atoms with van der Waals surface area (Å²) < 4.78 is 0.580. The first-order valence-corrected chi connectivity index (χ1v) is 10.6. The van der Waals surface area contributed by atoms with Gasteiger partial charge in [-0.2, -0.15) is 0 Å². The van der Waals surface area contributed by atoms with Gasteiger partial charge in [0.1, 0.15) is 5.70 Å². The van der Waals surface area contributed by atoms with Gasteiger partial charge in [-0.15, -0.1) is 0 Å². The van der Waals surface area contributed by atoms with E-state index >= 15 is 0 Å². The van der Waals surface area contributed by atoms with Crippen LogP contribution in [0.2, 0.25) is 0 Å². The lowest BCUT2D eigenvalue weighted by Gasteiger charge is -2.13. The Bertz CT molecular complexity index is 1220. The molecule has 9 heteroatoms. The predicted molar refractivity (Wildman–Crippen MR) is 132 cm³/mol. The number of nitrogens with zero attached hydrogens (tertiary/aromatic N) is 2. The van der Waals surface area contributed by atoms with Crippen LogP contribution in [0, 0.1) is 10.1 Å². The first kappa shape index (κ1) is 23.7. The molecule has 2 N–H and O–H groups in total. The summed E-state index contributed by atoms with van der Waals surface area (Å²) in [5, 5.41) is 16.3. The molecule has 0 atom stereocenters. The van der Waals surface area contributed by atoms with Crippen molar-refractivity contribution in [3.63, 3.8) is 0 Å². The molecule has 0 aliphatic rings. The van der Waals surface area contributed by atoms with Gasteiger partial charge in [0.05, 0.1) is 10.5 Å². The Balaban J connectivity index is 1.92. The third kappa shape index (κ3) is 6.27. The van der Waals surface area contributed by atoms with Crippen LogP contribution in [-0.2, 0) is 4.79 Å². The molecule has 0 fully saturated rings. The zero-order valence-electron chi connectivity index (χ0n) is 17.9. The zero-order chi connectivity index (χ0) is 24.0. The summed E-state index contributed by atoms with van der Waals surface area (Å²) in [6.45, 7) is 0. The van der Waals surface area contributed by atoms with Crippen LogP contribution in [0.1, 0.15) is 15.9 Å². The number of nitro groups is 1. The highest BCUT2D eigenvalue weighted by Gasteiger charge is 2.17. The lowest BCUT2D eigenvalue weighted by Crippen LogP contribution is -2.31. The van der Waals surface area contributed by atoms with Crippen molar-refractivity contribution in [2.45, 2.75) is 0 Å². The molecule has 0 radical (unpaired) electrons. The molecule has 0 saturated carbocycles. The molecule has 8 nitrogen and oxygen atoms in total. The van der Waals surface area contributed by atoms with Crippen LogP contribution in [0.4, 0.5) is 17.1 Å². The summed E-state index contributed by atoms with van der Waals surface area (Å²) in [6, 6.07) is 19.8. The number of hydrogen-bond donors (Lipinski definition) is 2. The van der Waals surface area contributed by atoms with Crippen molar-refractivity contribution in [3.05, 3.63) is 104 Å². The van der Waals surface area contributed by atoms with Crippen LogP contribution in [0.3, 0.4) is 0 Å². The van der Waals surface area contributed by atoms with Crippen LogP contribution in [0.25, 0.3) is 6.08 Å². The summed E-state index contributed by atoms with van der Waals surface area (Å²) in [5.74, 6) is -1.10. The van der Waals surface area contributed by atoms with Gasteiger partial charge < -0.3 is 15.5 Å². The molecule has 3 aromatic carbocycles. The maximum absolute atomic E-state index is 13.0. The summed E-state index contributed by atoms with van der Waals surface area (Å²) in [5.41, 5.74) is 2.09. The van der Waals surface area contributed by atoms with Gasteiger partial charge in [0, 0.05) is 42.1 Å². The zero-order valence-corrected chi connectivity index (χ0v) is 19.5. The average Bonchev–Trinajstić information content (AvgIpc) is 2.79. The van der Waals surface area contributed by atoms with Gasteiger partial charge in [0.15, 0.2) is 0 Å². The number of nitro benzene ring substituents is 1. The quantitative estimate of drug-likeness (QED) is 0.270. The molecule has 0 aliphatic carbocycles. The monoisotopic (exact) mass is 508 g/mol. The SMILES string of the molecule is CN(C)c1ccc(C=C(NC(=O)c2ccccc2Br)C(=O)Nc2cccc([N+](=O)[O-])c2)cc1. The highest BCUT2D eigenvalue weighted by Crippen LogP contribution is 2.20. The number of carbonyl (C=O) groups is 2. The lowest BCUT2D eigenvalue weighted by atomic mass is 10.1. The van der Waals surface area contributed by atoms with Crippen molar-refractivity contribution in [2.24, 2.45) is 0 Å². The molecule has 0 bridgehead atoms. The topological polar surface area (TPSA) is 105 Å². The Morgan fingerprint density at radius 1 is 1.00 bits per heavy atom. The Morgan fingerprint density at radius 3 is 2.33 bits per heavy atom. The number of rotatable bonds is 7. The second-order valence-electron chi connectivity index (χ2n) is 7.24. The van der Waals surface area contributed by atoms with Gasteiger partial charge in [0.2, 0.25) is 0 Å². The lowest BCUT2D eigenvalue weighted by molar-refractivity contribution is -0.384. The van der Waals surface area contributed by atoms with Crippen LogP contribution in [0.15, 0.2) is 83.0 Å². The molecule has 33 heavy (non-hydrogen) atoms. The van der Waals surface area contributed by atoms with E-state index < -0.39 is 16.7 Å². The molecule has 0 aromatic heterocycles. The van der Waals surface area contributed by atoms with E-state index in [1.54, 1.807) is 30.3 Å². The summed E-state index contributed by atoms with van der Waals surface area (Å²) >= 11 is 3.34. The largest absolute Gasteiger partial charge is 0.378 e. The Labute approximate surface area is 199 Å². The second-order valence-corrected chi connectivity index (χ2v) is 8.09. The summed E-state index contributed by atoms with van der Waals surface area (Å²) in [4.78, 5) is 38.3. The smallest absolute Gasteiger partial charge is 0.272 e. The first-order chi connectivity index (χ1) is 15.7. The normalized spacial score (nSPS) is 10.9. The minimum absolute atomic E-state index is 0.0140. The molecule has 3 rings (SSSR count). The summed E-state index contributed by atoms with van der Waals surface area (Å²) in [7, 11) is 3.83. The van der Waals surface area contributed by atoms with Gasteiger partial charge in [-0.25, -0.2) is 0 Å². The number of nitrogens with one attached hydrogen (secondary N) is 2. The molecule has 0 unspecified atom stereocenters. The van der Waals surface area contributed by atoms with E-state index in [0.29, 0.717) is 15.6 Å². The molecular formula is C24H21BrN4O4. The molecule has 3 aromatic rings. The van der Waals surface area contributed by atoms with E-state index in [0.717, 1.165) is 5.69 Å². The number of anilines is 2. The fourth-order valence-electron chi connectivity index (χ4n) is 2.92. The van der Waals surface area contributed by atoms with Gasteiger partial charge in [-0.05, 0) is 57.9 Å². The number of halogens is 1. The highest BCUT2D eigenvalue weighted by molar-refractivity contribution is 9.10. The minimum atomic E-state index is -0.618. The molecule has 0 aliphatic heterocycles. The fourth-order valence-corrected chi connectivity index (χ4v) is 3.39. The Kier molecular flexibility index (Phi) is 7.57. The fraction of sp³-hybridized carbons (Fsp3) is 0.0833. The van der Waals surface area contributed by atoms with Crippen molar-refractivity contribution >= 4 is 50.9 Å². The van der Waals surface area contributed by atoms with Crippen molar-refractivity contribution in [1.29, 1.82) is 0 Å². The third-order valence-corrected chi connectivity index (χ3v) is 5.34. The van der Waals surface area contributed by atoms with Gasteiger partial charge in [-0.1, -0.05) is 30.3 Å². The maximum Gasteiger partial charge on any atom is 0.272 e. The summed E-state index contributed by atoms with van der Waals surface area (Å²) in [6.07, 6.45) is 1.54. The van der Waals surface area contributed by atoms with Crippen LogP contribution < -0.4 is 15.5 Å². The standard InChI is InChI=1S/C24H21BrN4O4/c1-28(2)18-12-10-16(11-13-18)14-22(27-23(30)20-8-3-4-9-21(20)25)24(31)26-17-6-5-7-19(15-17)29(32)33/h3-15H,1-2H3,(H,26,31)(H,27,30). The van der Waals surface area contributed by atoms with E-state index in [2.05, 4.69) is 26.6 Å². The number of hydrogen-bond acceptors (Lipinski definition) is 5. The van der Waals surface area contributed by atoms with E-state index in [1.165, 1.54) is 24.3 Å². The predicted octanol–water partition coefficient (Wildman–Crippen LogP) is 4.83. The molecule has 168 valence electrons. The Morgan fingerprint density at radius 2 is 1.70 bits per heavy atom. The average molecular weight is 509 g/mol. The van der Waals surface area contributed by atoms with Gasteiger partial charge >= 0.3 is 0 Å². The van der Waals surface area contributed by atoms with Crippen LogP contribution in [0.5, 0.6) is 0 Å². The van der Waals surface area contributed by atoms with Crippen molar-refractivity contribution in [1.82, 2.24) is 5.32 Å². The number of benzene rings is 3. The minimum Gasteiger partial charge on any atom is -0.378 e. The maximum atomic E-state index is 13.0. The Hall–Kier alpha value is -3.98. The van der Waals surface area contributed by atoms with Crippen molar-refractivity contribution in [3.8, 4) is 0 Å². The molecule has 2 amide bonds. The van der Waals surface area contributed by atoms with E-state index in [4.69, 9.17) is 0 Å².